The molecule has 18 heavy (non-hydrogen) atoms. The van der Waals surface area contributed by atoms with Gasteiger partial charge in [-0.25, -0.2) is 0 Å². The summed E-state index contributed by atoms with van der Waals surface area (Å²) in [6.45, 7) is 2.86. The molecule has 1 atom stereocenters. The maximum atomic E-state index is 5.39. The lowest BCUT2D eigenvalue weighted by Crippen LogP contribution is -2.22. The average molecular weight is 246 g/mol. The van der Waals surface area contributed by atoms with Crippen LogP contribution in [0, 0.1) is 0 Å². The second kappa shape index (κ2) is 5.64. The van der Waals surface area contributed by atoms with Gasteiger partial charge in [-0.15, -0.1) is 0 Å². The van der Waals surface area contributed by atoms with Crippen molar-refractivity contribution in [3.05, 3.63) is 42.0 Å². The number of aromatic nitrogens is 3. The monoisotopic (exact) mass is 246 g/mol. The lowest BCUT2D eigenvalue weighted by atomic mass is 10.1. The van der Waals surface area contributed by atoms with Gasteiger partial charge >= 0.3 is 0 Å². The molecule has 0 spiro atoms. The summed E-state index contributed by atoms with van der Waals surface area (Å²) < 4.78 is 7.33. The highest BCUT2D eigenvalue weighted by atomic mass is 16.5. The highest BCUT2D eigenvalue weighted by molar-refractivity contribution is 5.35. The maximum Gasteiger partial charge on any atom is 0.161 e. The second-order valence-electron chi connectivity index (χ2n) is 3.92. The molecule has 0 aliphatic heterocycles. The molecule has 2 heterocycles. The Balaban J connectivity index is 2.47. The number of aryl methyl sites for hydroxylation is 1. The summed E-state index contributed by atoms with van der Waals surface area (Å²) in [4.78, 5) is 4.16. The van der Waals surface area contributed by atoms with E-state index in [1.165, 1.54) is 0 Å². The molecule has 96 valence electrons. The van der Waals surface area contributed by atoms with Gasteiger partial charge in [0.05, 0.1) is 19.3 Å². The molecule has 0 aromatic carbocycles. The molecule has 0 aliphatic carbocycles. The Bertz CT molecular complexity index is 473. The number of rotatable bonds is 5. The third kappa shape index (κ3) is 2.22. The number of nitrogens with zero attached hydrogens (tertiary/aromatic N) is 3. The third-order valence-corrected chi connectivity index (χ3v) is 2.94. The van der Waals surface area contributed by atoms with Crippen LogP contribution in [-0.4, -0.2) is 28.9 Å². The van der Waals surface area contributed by atoms with Gasteiger partial charge in [0.1, 0.15) is 5.69 Å². The number of methoxy groups -OCH3 is 1. The van der Waals surface area contributed by atoms with Crippen molar-refractivity contribution in [1.29, 1.82) is 0 Å². The van der Waals surface area contributed by atoms with Crippen molar-refractivity contribution in [1.82, 2.24) is 20.1 Å². The quantitative estimate of drug-likeness (QED) is 0.871. The van der Waals surface area contributed by atoms with Crippen molar-refractivity contribution in [3.63, 3.8) is 0 Å². The number of pyridine rings is 1. The summed E-state index contributed by atoms with van der Waals surface area (Å²) in [5.74, 6) is 0.792. The minimum Gasteiger partial charge on any atom is -0.493 e. The Morgan fingerprint density at radius 1 is 1.44 bits per heavy atom. The van der Waals surface area contributed by atoms with Gasteiger partial charge in [0.25, 0.3) is 0 Å². The lowest BCUT2D eigenvalue weighted by Gasteiger charge is -2.18. The minimum absolute atomic E-state index is 0.0242. The summed E-state index contributed by atoms with van der Waals surface area (Å²) in [7, 11) is 3.58. The molecule has 2 aromatic heterocycles. The van der Waals surface area contributed by atoms with Crippen molar-refractivity contribution < 1.29 is 4.74 Å². The topological polar surface area (TPSA) is 52.0 Å². The number of hydrogen-bond donors (Lipinski definition) is 1. The van der Waals surface area contributed by atoms with Gasteiger partial charge in [0, 0.05) is 18.9 Å². The van der Waals surface area contributed by atoms with Crippen LogP contribution in [0.3, 0.4) is 0 Å². The number of nitrogens with one attached hydrogen (secondary N) is 1. The Kier molecular flexibility index (Phi) is 3.94. The van der Waals surface area contributed by atoms with Gasteiger partial charge in [0.15, 0.2) is 5.75 Å². The Labute approximate surface area is 107 Å². The van der Waals surface area contributed by atoms with Crippen LogP contribution >= 0.6 is 0 Å². The molecule has 5 heteroatoms. The van der Waals surface area contributed by atoms with E-state index in [0.717, 1.165) is 23.6 Å². The molecule has 0 saturated carbocycles. The molecule has 2 aromatic rings. The van der Waals surface area contributed by atoms with Crippen molar-refractivity contribution in [3.8, 4) is 5.75 Å². The van der Waals surface area contributed by atoms with Crippen LogP contribution in [0.2, 0.25) is 0 Å². The zero-order valence-electron chi connectivity index (χ0n) is 10.9. The number of hydrogen-bond acceptors (Lipinski definition) is 4. The second-order valence-corrected chi connectivity index (χ2v) is 3.92. The molecule has 1 N–H and O–H groups in total. The van der Waals surface area contributed by atoms with Crippen LogP contribution in [0.25, 0.3) is 0 Å². The first-order chi connectivity index (χ1) is 8.81. The SMILES string of the molecule is CCn1ncc(OC)c1C(NC)c1cccnc1. The van der Waals surface area contributed by atoms with Crippen LogP contribution < -0.4 is 10.1 Å². The van der Waals surface area contributed by atoms with E-state index in [1.807, 2.05) is 30.1 Å². The standard InChI is InChI=1S/C13H18N4O/c1-4-17-13(11(18-3)9-16-17)12(14-2)10-6-5-7-15-8-10/h5-9,12,14H,4H2,1-3H3. The molecule has 0 saturated heterocycles. The zero-order valence-corrected chi connectivity index (χ0v) is 10.9. The smallest absolute Gasteiger partial charge is 0.161 e. The van der Waals surface area contributed by atoms with E-state index in [-0.39, 0.29) is 6.04 Å². The van der Waals surface area contributed by atoms with Crippen molar-refractivity contribution in [2.75, 3.05) is 14.2 Å². The highest BCUT2D eigenvalue weighted by Crippen LogP contribution is 2.29. The summed E-state index contributed by atoms with van der Waals surface area (Å²) >= 11 is 0. The van der Waals surface area contributed by atoms with Gasteiger partial charge < -0.3 is 10.1 Å². The highest BCUT2D eigenvalue weighted by Gasteiger charge is 2.21. The molecule has 2 rings (SSSR count). The molecule has 0 aliphatic rings. The van der Waals surface area contributed by atoms with E-state index in [4.69, 9.17) is 4.74 Å². The zero-order chi connectivity index (χ0) is 13.0. The predicted octanol–water partition coefficient (Wildman–Crippen LogP) is 1.62. The Morgan fingerprint density at radius 2 is 2.28 bits per heavy atom. The molecular weight excluding hydrogens is 228 g/mol. The molecule has 5 nitrogen and oxygen atoms in total. The van der Waals surface area contributed by atoms with E-state index >= 15 is 0 Å². The first-order valence-corrected chi connectivity index (χ1v) is 5.98. The van der Waals surface area contributed by atoms with Crippen molar-refractivity contribution in [2.24, 2.45) is 0 Å². The first kappa shape index (κ1) is 12.6. The van der Waals surface area contributed by atoms with E-state index < -0.39 is 0 Å². The molecule has 0 fully saturated rings. The fourth-order valence-corrected chi connectivity index (χ4v) is 2.09. The lowest BCUT2D eigenvalue weighted by molar-refractivity contribution is 0.401. The molecular formula is C13H18N4O. The van der Waals surface area contributed by atoms with Gasteiger partial charge in [0.2, 0.25) is 0 Å². The Morgan fingerprint density at radius 3 is 2.83 bits per heavy atom. The van der Waals surface area contributed by atoms with E-state index in [0.29, 0.717) is 0 Å². The normalized spacial score (nSPS) is 12.4. The summed E-state index contributed by atoms with van der Waals surface area (Å²) in [6, 6.07) is 4.00. The summed E-state index contributed by atoms with van der Waals surface area (Å²) in [5.41, 5.74) is 2.11. The first-order valence-electron chi connectivity index (χ1n) is 5.98. The molecule has 0 bridgehead atoms. The average Bonchev–Trinajstić information content (AvgIpc) is 2.84. The van der Waals surface area contributed by atoms with Gasteiger partial charge in [-0.2, -0.15) is 5.10 Å². The molecule has 0 amide bonds. The fraction of sp³-hybridized carbons (Fsp3) is 0.385. The van der Waals surface area contributed by atoms with Crippen LogP contribution in [0.15, 0.2) is 30.7 Å². The van der Waals surface area contributed by atoms with Crippen molar-refractivity contribution >= 4 is 0 Å². The third-order valence-electron chi connectivity index (χ3n) is 2.94. The molecule has 0 radical (unpaired) electrons. The van der Waals surface area contributed by atoms with Gasteiger partial charge in [-0.3, -0.25) is 9.67 Å². The van der Waals surface area contributed by atoms with Crippen LogP contribution in [-0.2, 0) is 6.54 Å². The summed E-state index contributed by atoms with van der Waals surface area (Å²) in [6.07, 6.45) is 5.37. The van der Waals surface area contributed by atoms with E-state index in [2.05, 4.69) is 22.3 Å². The molecule has 1 unspecified atom stereocenters. The van der Waals surface area contributed by atoms with Crippen LogP contribution in [0.5, 0.6) is 5.75 Å². The van der Waals surface area contributed by atoms with E-state index in [9.17, 15) is 0 Å². The predicted molar refractivity (Wildman–Crippen MR) is 69.6 cm³/mol. The van der Waals surface area contributed by atoms with Crippen LogP contribution in [0.1, 0.15) is 24.2 Å². The Hall–Kier alpha value is -1.88. The maximum absolute atomic E-state index is 5.39. The van der Waals surface area contributed by atoms with Crippen molar-refractivity contribution in [2.45, 2.75) is 19.5 Å². The number of ether oxygens (including phenoxy) is 1. The summed E-state index contributed by atoms with van der Waals surface area (Å²) in [5, 5.41) is 7.62. The minimum atomic E-state index is 0.0242. The largest absolute Gasteiger partial charge is 0.493 e. The van der Waals surface area contributed by atoms with Crippen LogP contribution in [0.4, 0.5) is 0 Å². The van der Waals surface area contributed by atoms with Gasteiger partial charge in [-0.1, -0.05) is 6.07 Å². The van der Waals surface area contributed by atoms with Gasteiger partial charge in [-0.05, 0) is 25.6 Å². The fourth-order valence-electron chi connectivity index (χ4n) is 2.09. The van der Waals surface area contributed by atoms with E-state index in [1.54, 1.807) is 19.5 Å².